The van der Waals surface area contributed by atoms with Crippen LogP contribution in [0.1, 0.15) is 29.6 Å². The summed E-state index contributed by atoms with van der Waals surface area (Å²) in [5.74, 6) is -0.0511. The van der Waals surface area contributed by atoms with Gasteiger partial charge in [-0.1, -0.05) is 0 Å². The molecule has 7 heteroatoms. The smallest absolute Gasteiger partial charge is 0.257 e. The number of piperidine rings is 1. The van der Waals surface area contributed by atoms with Gasteiger partial charge in [-0.15, -0.1) is 0 Å². The van der Waals surface area contributed by atoms with E-state index in [0.717, 1.165) is 6.42 Å². The minimum Gasteiger partial charge on any atom is -0.472 e. The van der Waals surface area contributed by atoms with E-state index < -0.39 is 5.41 Å². The Labute approximate surface area is 141 Å². The molecule has 0 saturated carbocycles. The van der Waals surface area contributed by atoms with Crippen molar-refractivity contribution in [3.05, 3.63) is 24.2 Å². The van der Waals surface area contributed by atoms with Crippen molar-refractivity contribution in [3.8, 4) is 0 Å². The number of furan rings is 1. The molecule has 0 aliphatic carbocycles. The zero-order valence-electron chi connectivity index (χ0n) is 14.2. The number of carbonyl (C=O) groups excluding carboxylic acids is 3. The monoisotopic (exact) mass is 333 g/mol. The lowest BCUT2D eigenvalue weighted by molar-refractivity contribution is -0.142. The third-order valence-electron chi connectivity index (χ3n) is 5.20. The maximum absolute atomic E-state index is 12.8. The summed E-state index contributed by atoms with van der Waals surface area (Å²) >= 11 is 0. The van der Waals surface area contributed by atoms with Crippen molar-refractivity contribution in [2.24, 2.45) is 5.41 Å². The molecule has 2 fully saturated rings. The Morgan fingerprint density at radius 1 is 1.21 bits per heavy atom. The molecule has 24 heavy (non-hydrogen) atoms. The zero-order chi connectivity index (χ0) is 17.3. The Balaban J connectivity index is 1.60. The number of hydrogen-bond donors (Lipinski definition) is 0. The van der Waals surface area contributed by atoms with Gasteiger partial charge in [0, 0.05) is 33.7 Å². The van der Waals surface area contributed by atoms with Crippen LogP contribution >= 0.6 is 0 Å². The van der Waals surface area contributed by atoms with Crippen LogP contribution in [0, 0.1) is 5.41 Å². The molecular formula is C17H23N3O4. The van der Waals surface area contributed by atoms with E-state index in [4.69, 9.17) is 4.42 Å². The van der Waals surface area contributed by atoms with Gasteiger partial charge in [0.2, 0.25) is 11.8 Å². The number of hydrogen-bond acceptors (Lipinski definition) is 4. The molecule has 1 spiro atoms. The van der Waals surface area contributed by atoms with Gasteiger partial charge in [-0.05, 0) is 25.3 Å². The number of amides is 3. The van der Waals surface area contributed by atoms with Crippen LogP contribution in [0.2, 0.25) is 0 Å². The molecule has 1 aromatic heterocycles. The molecule has 3 amide bonds. The topological polar surface area (TPSA) is 74.1 Å². The van der Waals surface area contributed by atoms with Crippen LogP contribution in [0.5, 0.6) is 0 Å². The van der Waals surface area contributed by atoms with Gasteiger partial charge >= 0.3 is 0 Å². The average molecular weight is 333 g/mol. The summed E-state index contributed by atoms with van der Waals surface area (Å²) in [6.07, 6.45) is 5.01. The molecule has 0 unspecified atom stereocenters. The number of likely N-dealkylation sites (N-methyl/N-ethyl adjacent to an activating group) is 1. The largest absolute Gasteiger partial charge is 0.472 e. The molecule has 0 aromatic carbocycles. The Kier molecular flexibility index (Phi) is 4.34. The zero-order valence-corrected chi connectivity index (χ0v) is 14.2. The molecule has 3 rings (SSSR count). The molecule has 3 heterocycles. The minimum atomic E-state index is -0.403. The van der Waals surface area contributed by atoms with Crippen LogP contribution in [0.4, 0.5) is 0 Å². The van der Waals surface area contributed by atoms with Gasteiger partial charge in [-0.25, -0.2) is 0 Å². The molecule has 0 radical (unpaired) electrons. The highest BCUT2D eigenvalue weighted by Crippen LogP contribution is 2.41. The fourth-order valence-electron chi connectivity index (χ4n) is 3.52. The van der Waals surface area contributed by atoms with Crippen molar-refractivity contribution in [3.63, 3.8) is 0 Å². The number of nitrogens with zero attached hydrogens (tertiary/aromatic N) is 3. The van der Waals surface area contributed by atoms with E-state index in [1.807, 2.05) is 0 Å². The molecule has 130 valence electrons. The van der Waals surface area contributed by atoms with Gasteiger partial charge in [0.1, 0.15) is 6.26 Å². The minimum absolute atomic E-state index is 0.0521. The Hall–Kier alpha value is -2.31. The molecule has 2 saturated heterocycles. The lowest BCUT2D eigenvalue weighted by atomic mass is 9.77. The van der Waals surface area contributed by atoms with Crippen LogP contribution in [-0.2, 0) is 9.59 Å². The average Bonchev–Trinajstić information content (AvgIpc) is 3.20. The molecule has 2 aliphatic heterocycles. The molecule has 1 aromatic rings. The van der Waals surface area contributed by atoms with Gasteiger partial charge in [0.25, 0.3) is 5.91 Å². The SMILES string of the molecule is CN(C)C(=O)CN1CCC2(CCN(C(=O)c3ccoc3)CC2)C1=O. The van der Waals surface area contributed by atoms with Crippen LogP contribution in [0.25, 0.3) is 0 Å². The van der Waals surface area contributed by atoms with Gasteiger partial charge in [-0.2, -0.15) is 0 Å². The van der Waals surface area contributed by atoms with E-state index in [1.54, 1.807) is 30.0 Å². The van der Waals surface area contributed by atoms with Crippen molar-refractivity contribution < 1.29 is 18.8 Å². The fraction of sp³-hybridized carbons (Fsp3) is 0.588. The van der Waals surface area contributed by atoms with E-state index in [0.29, 0.717) is 38.0 Å². The number of likely N-dealkylation sites (tertiary alicyclic amines) is 2. The van der Waals surface area contributed by atoms with E-state index in [1.165, 1.54) is 17.4 Å². The first-order chi connectivity index (χ1) is 11.4. The van der Waals surface area contributed by atoms with Gasteiger partial charge in [0.05, 0.1) is 23.8 Å². The summed E-state index contributed by atoms with van der Waals surface area (Å²) < 4.78 is 4.96. The normalized spacial score (nSPS) is 19.8. The van der Waals surface area contributed by atoms with Crippen molar-refractivity contribution in [1.29, 1.82) is 0 Å². The van der Waals surface area contributed by atoms with Crippen LogP contribution < -0.4 is 0 Å². The van der Waals surface area contributed by atoms with Gasteiger partial charge in [0.15, 0.2) is 0 Å². The maximum Gasteiger partial charge on any atom is 0.257 e. The molecule has 2 aliphatic rings. The van der Waals surface area contributed by atoms with Crippen LogP contribution in [-0.4, -0.2) is 72.7 Å². The predicted octanol–water partition coefficient (Wildman–Crippen LogP) is 0.823. The Morgan fingerprint density at radius 2 is 1.88 bits per heavy atom. The van der Waals surface area contributed by atoms with E-state index in [-0.39, 0.29) is 24.3 Å². The fourth-order valence-corrected chi connectivity index (χ4v) is 3.52. The quantitative estimate of drug-likeness (QED) is 0.821. The molecular weight excluding hydrogens is 310 g/mol. The summed E-state index contributed by atoms with van der Waals surface area (Å²) in [4.78, 5) is 41.9. The lowest BCUT2D eigenvalue weighted by Crippen LogP contribution is -2.47. The molecule has 0 atom stereocenters. The van der Waals surface area contributed by atoms with E-state index >= 15 is 0 Å². The second-order valence-electron chi connectivity index (χ2n) is 6.85. The van der Waals surface area contributed by atoms with Gasteiger partial charge in [-0.3, -0.25) is 14.4 Å². The molecule has 0 bridgehead atoms. The van der Waals surface area contributed by atoms with Crippen molar-refractivity contribution >= 4 is 17.7 Å². The van der Waals surface area contributed by atoms with E-state index in [9.17, 15) is 14.4 Å². The van der Waals surface area contributed by atoms with Crippen LogP contribution in [0.3, 0.4) is 0 Å². The summed E-state index contributed by atoms with van der Waals surface area (Å²) in [5, 5.41) is 0. The highest BCUT2D eigenvalue weighted by atomic mass is 16.3. The number of carbonyl (C=O) groups is 3. The summed E-state index contributed by atoms with van der Waals surface area (Å²) in [6.45, 7) is 1.88. The third-order valence-corrected chi connectivity index (χ3v) is 5.20. The third kappa shape index (κ3) is 2.90. The van der Waals surface area contributed by atoms with Crippen molar-refractivity contribution in [2.75, 3.05) is 40.3 Å². The first kappa shape index (κ1) is 16.5. The molecule has 0 N–H and O–H groups in total. The predicted molar refractivity (Wildman–Crippen MR) is 86.2 cm³/mol. The number of rotatable bonds is 3. The second-order valence-corrected chi connectivity index (χ2v) is 6.85. The van der Waals surface area contributed by atoms with Crippen molar-refractivity contribution in [1.82, 2.24) is 14.7 Å². The Morgan fingerprint density at radius 3 is 2.46 bits per heavy atom. The summed E-state index contributed by atoms with van der Waals surface area (Å²) in [5.41, 5.74) is 0.140. The highest BCUT2D eigenvalue weighted by Gasteiger charge is 2.48. The summed E-state index contributed by atoms with van der Waals surface area (Å²) in [7, 11) is 3.39. The second kappa shape index (κ2) is 6.30. The van der Waals surface area contributed by atoms with E-state index in [2.05, 4.69) is 0 Å². The van der Waals surface area contributed by atoms with Gasteiger partial charge < -0.3 is 19.1 Å². The first-order valence-electron chi connectivity index (χ1n) is 8.24. The maximum atomic E-state index is 12.8. The highest BCUT2D eigenvalue weighted by molar-refractivity contribution is 5.94. The lowest BCUT2D eigenvalue weighted by Gasteiger charge is -2.37. The first-order valence-corrected chi connectivity index (χ1v) is 8.24. The standard InChI is InChI=1S/C17H23N3O4/c1-18(2)14(21)11-20-9-6-17(16(20)23)4-7-19(8-5-17)15(22)13-3-10-24-12-13/h3,10,12H,4-9,11H2,1-2H3. The van der Waals surface area contributed by atoms with Crippen LogP contribution in [0.15, 0.2) is 23.0 Å². The molecule has 7 nitrogen and oxygen atoms in total. The van der Waals surface area contributed by atoms with Crippen molar-refractivity contribution in [2.45, 2.75) is 19.3 Å². The Bertz CT molecular complexity index is 630. The summed E-state index contributed by atoms with van der Waals surface area (Å²) in [6, 6.07) is 1.65.